The Morgan fingerprint density at radius 3 is 1.67 bits per heavy atom. The molecule has 0 radical (unpaired) electrons. The van der Waals surface area contributed by atoms with E-state index < -0.39 is 21.4 Å². The summed E-state index contributed by atoms with van der Waals surface area (Å²) in [5.74, 6) is -0.633. The summed E-state index contributed by atoms with van der Waals surface area (Å²) in [5.41, 5.74) is 0. The van der Waals surface area contributed by atoms with Crippen molar-refractivity contribution in [2.75, 3.05) is 0 Å². The van der Waals surface area contributed by atoms with Gasteiger partial charge in [0, 0.05) is 0 Å². The molecule has 0 aliphatic carbocycles. The molecule has 0 atom stereocenters. The molecule has 9 heteroatoms. The molecule has 7 nitrogen and oxygen atoms in total. The molecule has 2 aromatic rings. The number of phosphoric ester groups is 2. The van der Waals surface area contributed by atoms with Crippen LogP contribution in [0.5, 0.6) is 11.5 Å². The molecule has 1 aliphatic rings. The zero-order chi connectivity index (χ0) is 17.3. The molecule has 3 rings (SSSR count). The van der Waals surface area contributed by atoms with E-state index in [9.17, 15) is 9.13 Å². The Morgan fingerprint density at radius 1 is 0.875 bits per heavy atom. The average molecular weight is 370 g/mol. The standard InChI is InChI=1S/C15H16O7P2/c1-15(2)20-24(17,21-15)22-23(16,18-13-9-5-3-6-10-13)19-14-11-7-4-8-12-14/h3-12H,1-2H3. The van der Waals surface area contributed by atoms with Crippen molar-refractivity contribution >= 4 is 15.6 Å². The summed E-state index contributed by atoms with van der Waals surface area (Å²) in [4.78, 5) is 0. The molecule has 0 spiro atoms. The second-order valence-electron chi connectivity index (χ2n) is 5.37. The summed E-state index contributed by atoms with van der Waals surface area (Å²) in [6.07, 6.45) is 0. The summed E-state index contributed by atoms with van der Waals surface area (Å²) in [7, 11) is -8.34. The maximum Gasteiger partial charge on any atom is 0.596 e. The zero-order valence-electron chi connectivity index (χ0n) is 13.0. The first-order valence-corrected chi connectivity index (χ1v) is 10.0. The fraction of sp³-hybridized carbons (Fsp3) is 0.200. The smallest absolute Gasteiger partial charge is 0.395 e. The van der Waals surface area contributed by atoms with Gasteiger partial charge < -0.3 is 9.05 Å². The molecular weight excluding hydrogens is 354 g/mol. The molecular formula is C15H16O7P2. The van der Waals surface area contributed by atoms with Crippen molar-refractivity contribution in [3.63, 3.8) is 0 Å². The van der Waals surface area contributed by atoms with Crippen LogP contribution in [-0.4, -0.2) is 5.79 Å². The van der Waals surface area contributed by atoms with E-state index in [0.29, 0.717) is 0 Å². The Balaban J connectivity index is 1.83. The van der Waals surface area contributed by atoms with Gasteiger partial charge in [-0.05, 0) is 38.1 Å². The Morgan fingerprint density at radius 2 is 1.29 bits per heavy atom. The summed E-state index contributed by atoms with van der Waals surface area (Å²) in [6.45, 7) is 3.10. The monoisotopic (exact) mass is 370 g/mol. The van der Waals surface area contributed by atoms with E-state index in [2.05, 4.69) is 0 Å². The zero-order valence-corrected chi connectivity index (χ0v) is 14.8. The minimum atomic E-state index is -4.32. The van der Waals surface area contributed by atoms with E-state index in [4.69, 9.17) is 22.4 Å². The largest absolute Gasteiger partial charge is 0.596 e. The van der Waals surface area contributed by atoms with E-state index in [-0.39, 0.29) is 11.5 Å². The highest BCUT2D eigenvalue weighted by molar-refractivity contribution is 7.63. The summed E-state index contributed by atoms with van der Waals surface area (Å²) < 4.78 is 51.1. The fourth-order valence-electron chi connectivity index (χ4n) is 1.97. The predicted octanol–water partition coefficient (Wildman–Crippen LogP) is 5.16. The van der Waals surface area contributed by atoms with Gasteiger partial charge in [-0.2, -0.15) is 4.31 Å². The van der Waals surface area contributed by atoms with Gasteiger partial charge in [-0.15, -0.1) is 0 Å². The van der Waals surface area contributed by atoms with Gasteiger partial charge in [-0.25, -0.2) is 9.13 Å². The van der Waals surface area contributed by atoms with Gasteiger partial charge in [-0.1, -0.05) is 36.4 Å². The molecule has 0 aromatic heterocycles. The van der Waals surface area contributed by atoms with E-state index in [0.717, 1.165) is 0 Å². The number of rotatable bonds is 6. The lowest BCUT2D eigenvalue weighted by Gasteiger charge is -2.40. The Hall–Kier alpha value is -1.62. The molecule has 0 bridgehead atoms. The predicted molar refractivity (Wildman–Crippen MR) is 86.7 cm³/mol. The summed E-state index contributed by atoms with van der Waals surface area (Å²) >= 11 is 0. The molecule has 24 heavy (non-hydrogen) atoms. The van der Waals surface area contributed by atoms with Crippen LogP contribution in [0.3, 0.4) is 0 Å². The first kappa shape index (κ1) is 17.2. The first-order valence-electron chi connectivity index (χ1n) is 7.10. The van der Waals surface area contributed by atoms with E-state index in [1.54, 1.807) is 74.5 Å². The van der Waals surface area contributed by atoms with Crippen LogP contribution in [0.2, 0.25) is 0 Å². The van der Waals surface area contributed by atoms with Crippen LogP contribution in [0.4, 0.5) is 0 Å². The van der Waals surface area contributed by atoms with Crippen LogP contribution in [0.25, 0.3) is 0 Å². The van der Waals surface area contributed by atoms with Gasteiger partial charge in [0.15, 0.2) is 5.79 Å². The van der Waals surface area contributed by atoms with Gasteiger partial charge >= 0.3 is 15.6 Å². The highest BCUT2D eigenvalue weighted by Gasteiger charge is 2.56. The van der Waals surface area contributed by atoms with Crippen molar-refractivity contribution in [3.05, 3.63) is 60.7 Å². The molecule has 2 aromatic carbocycles. The van der Waals surface area contributed by atoms with Crippen molar-refractivity contribution in [1.82, 2.24) is 0 Å². The molecule has 0 amide bonds. The number of phosphoric acid groups is 2. The van der Waals surface area contributed by atoms with E-state index in [1.165, 1.54) is 0 Å². The number of hydrogen-bond donors (Lipinski definition) is 0. The third-order valence-corrected chi connectivity index (χ3v) is 6.58. The van der Waals surface area contributed by atoms with Crippen LogP contribution >= 0.6 is 15.6 Å². The van der Waals surface area contributed by atoms with Gasteiger partial charge in [0.05, 0.1) is 0 Å². The quantitative estimate of drug-likeness (QED) is 0.650. The maximum atomic E-state index is 13.0. The maximum absolute atomic E-state index is 13.0. The van der Waals surface area contributed by atoms with Crippen molar-refractivity contribution in [2.24, 2.45) is 0 Å². The van der Waals surface area contributed by atoms with Crippen molar-refractivity contribution < 1.29 is 31.5 Å². The van der Waals surface area contributed by atoms with Crippen LogP contribution in [0.1, 0.15) is 13.8 Å². The molecule has 0 N–H and O–H groups in total. The number of hydrogen-bond acceptors (Lipinski definition) is 7. The van der Waals surface area contributed by atoms with Crippen molar-refractivity contribution in [3.8, 4) is 11.5 Å². The SMILES string of the molecule is CC1(C)OP(=O)(OP(=O)(Oc2ccccc2)Oc2ccccc2)O1. The van der Waals surface area contributed by atoms with Crippen LogP contribution in [0.15, 0.2) is 60.7 Å². The third kappa shape index (κ3) is 4.26. The highest BCUT2D eigenvalue weighted by atomic mass is 31.3. The molecule has 128 valence electrons. The van der Waals surface area contributed by atoms with Gasteiger partial charge in [0.1, 0.15) is 11.5 Å². The first-order chi connectivity index (χ1) is 11.3. The van der Waals surface area contributed by atoms with Gasteiger partial charge in [0.25, 0.3) is 0 Å². The number of para-hydroxylation sites is 2. The Bertz CT molecular complexity index is 734. The van der Waals surface area contributed by atoms with Crippen LogP contribution < -0.4 is 9.05 Å². The lowest BCUT2D eigenvalue weighted by atomic mass is 10.3. The second-order valence-corrected chi connectivity index (χ2v) is 8.54. The van der Waals surface area contributed by atoms with Crippen LogP contribution in [-0.2, 0) is 22.5 Å². The molecule has 0 unspecified atom stereocenters. The molecule has 1 fully saturated rings. The van der Waals surface area contributed by atoms with Crippen molar-refractivity contribution in [2.45, 2.75) is 19.6 Å². The second kappa shape index (κ2) is 6.36. The average Bonchev–Trinajstić information content (AvgIpc) is 2.46. The van der Waals surface area contributed by atoms with E-state index >= 15 is 0 Å². The highest BCUT2D eigenvalue weighted by Crippen LogP contribution is 2.73. The molecule has 0 saturated carbocycles. The summed E-state index contributed by atoms with van der Waals surface area (Å²) in [6, 6.07) is 16.5. The third-order valence-electron chi connectivity index (χ3n) is 2.78. The minimum absolute atomic E-state index is 0.225. The van der Waals surface area contributed by atoms with Gasteiger partial charge in [-0.3, -0.25) is 9.05 Å². The molecule has 1 aliphatic heterocycles. The summed E-state index contributed by atoms with van der Waals surface area (Å²) in [5, 5.41) is 0. The topological polar surface area (TPSA) is 80.3 Å². The van der Waals surface area contributed by atoms with Gasteiger partial charge in [0.2, 0.25) is 0 Å². The van der Waals surface area contributed by atoms with E-state index in [1.807, 2.05) is 0 Å². The molecule has 1 heterocycles. The Kier molecular flexibility index (Phi) is 4.56. The normalized spacial score (nSPS) is 18.4. The lowest BCUT2D eigenvalue weighted by molar-refractivity contribution is -0.188. The number of benzene rings is 2. The van der Waals surface area contributed by atoms with Crippen LogP contribution in [0, 0.1) is 0 Å². The fourth-order valence-corrected chi connectivity index (χ4v) is 5.37. The molecule has 1 saturated heterocycles. The van der Waals surface area contributed by atoms with Crippen molar-refractivity contribution in [1.29, 1.82) is 0 Å². The minimum Gasteiger partial charge on any atom is -0.395 e. The Labute approximate surface area is 139 Å². The lowest BCUT2D eigenvalue weighted by Crippen LogP contribution is -2.36.